The Morgan fingerprint density at radius 2 is 1.11 bits per heavy atom. The summed E-state index contributed by atoms with van der Waals surface area (Å²) in [4.78, 5) is 24.6. The minimum atomic E-state index is -0.469. The highest BCUT2D eigenvalue weighted by Gasteiger charge is 2.20. The summed E-state index contributed by atoms with van der Waals surface area (Å²) in [7, 11) is 1.71. The Kier molecular flexibility index (Phi) is 23.2. The van der Waals surface area contributed by atoms with Crippen LogP contribution in [-0.2, 0) is 28.4 Å². The van der Waals surface area contributed by atoms with Crippen LogP contribution in [0.3, 0.4) is 0 Å². The topological polar surface area (TPSA) is 105 Å². The number of alkyl carbamates (subject to hydrolysis) is 1. The molecule has 0 aromatic carbocycles. The van der Waals surface area contributed by atoms with Gasteiger partial charge in [0.1, 0.15) is 11.2 Å². The van der Waals surface area contributed by atoms with Crippen LogP contribution in [0, 0.1) is 0 Å². The van der Waals surface area contributed by atoms with E-state index < -0.39 is 17.3 Å². The fraction of sp³-hybridized carbons (Fsp3) is 0.923. The molecule has 0 rings (SSSR count). The Balaban J connectivity index is -0.000000590. The van der Waals surface area contributed by atoms with Gasteiger partial charge in [-0.05, 0) is 69.2 Å². The second kappa shape index (κ2) is 21.5. The Morgan fingerprint density at radius 1 is 0.722 bits per heavy atom. The van der Waals surface area contributed by atoms with Crippen LogP contribution >= 0.6 is 0 Å². The molecule has 0 heterocycles. The largest absolute Gasteiger partial charge is 0.444 e. The lowest BCUT2D eigenvalue weighted by Crippen LogP contribution is -2.36. The van der Waals surface area contributed by atoms with Crippen LogP contribution in [0.1, 0.15) is 89.5 Å². The molecule has 0 aliphatic rings. The zero-order valence-electron chi connectivity index (χ0n) is 24.0. The number of carbonyl (C=O) groups excluding carboxylic acids is 2. The van der Waals surface area contributed by atoms with Crippen molar-refractivity contribution in [2.45, 2.75) is 113 Å². The predicted octanol–water partition coefficient (Wildman–Crippen LogP) is 5.58. The molecule has 0 saturated heterocycles. The van der Waals surface area contributed by atoms with Crippen molar-refractivity contribution in [3.05, 3.63) is 0 Å². The third-order valence-electron chi connectivity index (χ3n) is 3.86. The summed E-state index contributed by atoms with van der Waals surface area (Å²) in [5.74, 6) is 0. The van der Waals surface area contributed by atoms with Crippen molar-refractivity contribution in [3.8, 4) is 0 Å². The number of amides is 2. The first-order chi connectivity index (χ1) is 16.2. The second-order valence-electron chi connectivity index (χ2n) is 9.59. The molecular weight excluding hydrogens is 468 g/mol. The van der Waals surface area contributed by atoms with Crippen LogP contribution in [0.4, 0.5) is 9.59 Å². The van der Waals surface area contributed by atoms with Crippen LogP contribution in [-0.4, -0.2) is 87.4 Å². The van der Waals surface area contributed by atoms with E-state index in [2.05, 4.69) is 5.32 Å². The van der Waals surface area contributed by atoms with Crippen molar-refractivity contribution in [1.29, 1.82) is 0 Å². The van der Waals surface area contributed by atoms with E-state index in [0.717, 1.165) is 0 Å². The first kappa shape index (κ1) is 38.9. The van der Waals surface area contributed by atoms with E-state index in [0.29, 0.717) is 52.4 Å². The van der Waals surface area contributed by atoms with Crippen LogP contribution in [0.2, 0.25) is 0 Å². The zero-order valence-corrected chi connectivity index (χ0v) is 24.0. The smallest absolute Gasteiger partial charge is 0.410 e. The lowest BCUT2D eigenvalue weighted by molar-refractivity contribution is -0.141. The maximum Gasteiger partial charge on any atom is 0.410 e. The molecule has 0 saturated carbocycles. The van der Waals surface area contributed by atoms with Crippen molar-refractivity contribution < 1.29 is 38.0 Å². The van der Waals surface area contributed by atoms with Gasteiger partial charge in [-0.3, -0.25) is 0 Å². The molecule has 0 aliphatic heterocycles. The minimum Gasteiger partial charge on any atom is -0.444 e. The van der Waals surface area contributed by atoms with Gasteiger partial charge in [-0.1, -0.05) is 7.43 Å². The van der Waals surface area contributed by atoms with E-state index >= 15 is 0 Å². The molecule has 10 nitrogen and oxygen atoms in total. The first-order valence-corrected chi connectivity index (χ1v) is 12.6. The molecule has 218 valence electrons. The van der Waals surface area contributed by atoms with Gasteiger partial charge in [-0.15, -0.1) is 0 Å². The molecule has 0 aromatic heterocycles. The Labute approximate surface area is 220 Å². The average molecular weight is 525 g/mol. The van der Waals surface area contributed by atoms with Gasteiger partial charge in [0.25, 0.3) is 0 Å². The van der Waals surface area contributed by atoms with Crippen LogP contribution in [0.25, 0.3) is 0 Å². The molecule has 0 aliphatic carbocycles. The predicted molar refractivity (Wildman–Crippen MR) is 143 cm³/mol. The molecule has 10 heteroatoms. The maximum atomic E-state index is 11.7. The van der Waals surface area contributed by atoms with E-state index in [1.54, 1.807) is 7.05 Å². The normalized spacial score (nSPS) is 11.4. The number of hydrogen-bond acceptors (Lipinski definition) is 8. The maximum absolute atomic E-state index is 11.7. The van der Waals surface area contributed by atoms with Gasteiger partial charge in [0.2, 0.25) is 0 Å². The highest BCUT2D eigenvalue weighted by Crippen LogP contribution is 2.10. The number of carbonyl (C=O) groups is 2. The third-order valence-corrected chi connectivity index (χ3v) is 3.86. The Bertz CT molecular complexity index is 535. The molecule has 36 heavy (non-hydrogen) atoms. The minimum absolute atomic E-state index is 0. The van der Waals surface area contributed by atoms with E-state index in [-0.39, 0.29) is 26.1 Å². The number of rotatable bonds is 14. The second-order valence-corrected chi connectivity index (χ2v) is 9.59. The first-order valence-electron chi connectivity index (χ1n) is 12.6. The van der Waals surface area contributed by atoms with E-state index in [1.165, 1.54) is 4.90 Å². The fourth-order valence-electron chi connectivity index (χ4n) is 2.51. The molecule has 0 aromatic rings. The van der Waals surface area contributed by atoms with Gasteiger partial charge < -0.3 is 38.6 Å². The van der Waals surface area contributed by atoms with Gasteiger partial charge in [0.15, 0.2) is 12.6 Å². The van der Waals surface area contributed by atoms with Gasteiger partial charge in [0.05, 0.1) is 0 Å². The van der Waals surface area contributed by atoms with Gasteiger partial charge >= 0.3 is 12.2 Å². The molecule has 0 unspecified atom stereocenters. The number of ether oxygens (including phenoxy) is 6. The van der Waals surface area contributed by atoms with Gasteiger partial charge in [0, 0.05) is 59.4 Å². The molecule has 0 atom stereocenters. The molecular formula is C26H56N2O8. The summed E-state index contributed by atoms with van der Waals surface area (Å²) in [5, 5.41) is 2.67. The van der Waals surface area contributed by atoms with Crippen LogP contribution in [0.5, 0.6) is 0 Å². The third kappa shape index (κ3) is 25.5. The summed E-state index contributed by atoms with van der Waals surface area (Å²) in [5.41, 5.74) is -0.937. The molecule has 0 radical (unpaired) electrons. The standard InChI is InChI=1S/C13H27NO4.C12H25NO4.CH4/c1-7-16-11(17-8-2)9-10-14(6)12(15)18-13(3,4)5;1-6-15-10(16-7-2)8-9-13-11(14)17-12(3,4)5;/h11H,7-10H2,1-6H3;10H,6-9H2,1-5H3,(H,13,14);1H4. The molecule has 2 amide bonds. The summed E-state index contributed by atoms with van der Waals surface area (Å²) < 4.78 is 31.9. The van der Waals surface area contributed by atoms with Crippen molar-refractivity contribution >= 4 is 12.2 Å². The quantitative estimate of drug-likeness (QED) is 0.294. The van der Waals surface area contributed by atoms with E-state index in [1.807, 2.05) is 69.2 Å². The summed E-state index contributed by atoms with van der Waals surface area (Å²) in [6.45, 7) is 22.1. The summed E-state index contributed by atoms with van der Waals surface area (Å²) in [6.07, 6.45) is -0.0125. The van der Waals surface area contributed by atoms with Crippen molar-refractivity contribution in [2.75, 3.05) is 46.6 Å². The molecule has 0 bridgehead atoms. The lowest BCUT2D eigenvalue weighted by atomic mass is 10.2. The highest BCUT2D eigenvalue weighted by molar-refractivity contribution is 5.67. The van der Waals surface area contributed by atoms with Crippen molar-refractivity contribution in [3.63, 3.8) is 0 Å². The molecule has 0 fully saturated rings. The number of hydrogen-bond donors (Lipinski definition) is 1. The monoisotopic (exact) mass is 524 g/mol. The van der Waals surface area contributed by atoms with E-state index in [9.17, 15) is 9.59 Å². The van der Waals surface area contributed by atoms with E-state index in [4.69, 9.17) is 28.4 Å². The fourth-order valence-corrected chi connectivity index (χ4v) is 2.51. The van der Waals surface area contributed by atoms with Gasteiger partial charge in [-0.2, -0.15) is 0 Å². The van der Waals surface area contributed by atoms with Crippen molar-refractivity contribution in [2.24, 2.45) is 0 Å². The average Bonchev–Trinajstić information content (AvgIpc) is 2.70. The lowest BCUT2D eigenvalue weighted by Gasteiger charge is -2.26. The van der Waals surface area contributed by atoms with Gasteiger partial charge in [-0.25, -0.2) is 9.59 Å². The molecule has 1 N–H and O–H groups in total. The Hall–Kier alpha value is -1.62. The van der Waals surface area contributed by atoms with Crippen LogP contribution in [0.15, 0.2) is 0 Å². The summed E-state index contributed by atoms with van der Waals surface area (Å²) in [6, 6.07) is 0. The number of nitrogens with zero attached hydrogens (tertiary/aromatic N) is 1. The number of nitrogens with one attached hydrogen (secondary N) is 1. The van der Waals surface area contributed by atoms with Crippen molar-refractivity contribution in [1.82, 2.24) is 10.2 Å². The highest BCUT2D eigenvalue weighted by atomic mass is 16.7. The SMILES string of the molecule is C.CCOC(CCN(C)C(=O)OC(C)(C)C)OCC.CCOC(CCNC(=O)OC(C)(C)C)OCC. The van der Waals surface area contributed by atoms with Crippen LogP contribution < -0.4 is 5.32 Å². The molecule has 0 spiro atoms. The summed E-state index contributed by atoms with van der Waals surface area (Å²) >= 11 is 0. The Morgan fingerprint density at radius 3 is 1.47 bits per heavy atom. The zero-order chi connectivity index (χ0) is 27.5.